The van der Waals surface area contributed by atoms with Crippen LogP contribution in [-0.4, -0.2) is 16.5 Å². The van der Waals surface area contributed by atoms with Gasteiger partial charge in [0, 0.05) is 28.7 Å². The Balaban J connectivity index is 1.76. The van der Waals surface area contributed by atoms with Crippen LogP contribution in [0.4, 0.5) is 0 Å². The molecule has 21 heavy (non-hydrogen) atoms. The third-order valence-electron chi connectivity index (χ3n) is 4.35. The maximum Gasteiger partial charge on any atom is 0.251 e. The van der Waals surface area contributed by atoms with Gasteiger partial charge >= 0.3 is 0 Å². The fraction of sp³-hybridized carbons (Fsp3) is 0.389. The van der Waals surface area contributed by atoms with Gasteiger partial charge < -0.3 is 9.88 Å². The van der Waals surface area contributed by atoms with E-state index >= 15 is 0 Å². The molecule has 1 aliphatic rings. The second-order valence-corrected chi connectivity index (χ2v) is 6.10. The maximum absolute atomic E-state index is 12.2. The Morgan fingerprint density at radius 2 is 1.67 bits per heavy atom. The lowest BCUT2D eigenvalue weighted by molar-refractivity contribution is 0.0936. The maximum atomic E-state index is 12.2. The van der Waals surface area contributed by atoms with Crippen molar-refractivity contribution in [1.29, 1.82) is 0 Å². The molecule has 2 aromatic rings. The predicted octanol–water partition coefficient (Wildman–Crippen LogP) is 3.62. The molecule has 1 aliphatic carbocycles. The van der Waals surface area contributed by atoms with Gasteiger partial charge in [-0.1, -0.05) is 0 Å². The average molecular weight is 282 g/mol. The van der Waals surface area contributed by atoms with Crippen molar-refractivity contribution in [1.82, 2.24) is 9.88 Å². The summed E-state index contributed by atoms with van der Waals surface area (Å²) >= 11 is 0. The summed E-state index contributed by atoms with van der Waals surface area (Å²) in [6.45, 7) is 6.27. The van der Waals surface area contributed by atoms with Gasteiger partial charge in [0.2, 0.25) is 0 Å². The van der Waals surface area contributed by atoms with Crippen molar-refractivity contribution < 1.29 is 4.79 Å². The fourth-order valence-corrected chi connectivity index (χ4v) is 2.84. The van der Waals surface area contributed by atoms with Crippen LogP contribution in [0.1, 0.15) is 41.5 Å². The molecule has 1 aromatic heterocycles. The third-order valence-corrected chi connectivity index (χ3v) is 4.35. The van der Waals surface area contributed by atoms with E-state index in [0.717, 1.165) is 11.3 Å². The number of amides is 1. The molecule has 0 spiro atoms. The first kappa shape index (κ1) is 13.9. The molecule has 1 N–H and O–H groups in total. The fourth-order valence-electron chi connectivity index (χ4n) is 2.84. The molecule has 1 atom stereocenters. The van der Waals surface area contributed by atoms with Gasteiger partial charge in [-0.3, -0.25) is 4.79 Å². The second kappa shape index (κ2) is 5.40. The Bertz CT molecular complexity index is 631. The Morgan fingerprint density at radius 1 is 1.10 bits per heavy atom. The van der Waals surface area contributed by atoms with Crippen molar-refractivity contribution in [2.75, 3.05) is 0 Å². The molecule has 3 rings (SSSR count). The monoisotopic (exact) mass is 282 g/mol. The van der Waals surface area contributed by atoms with Crippen molar-refractivity contribution in [3.05, 3.63) is 53.3 Å². The summed E-state index contributed by atoms with van der Waals surface area (Å²) in [5.41, 5.74) is 4.23. The van der Waals surface area contributed by atoms with Crippen LogP contribution in [0, 0.1) is 19.8 Å². The zero-order chi connectivity index (χ0) is 15.0. The lowest BCUT2D eigenvalue weighted by Gasteiger charge is -2.14. The molecule has 1 heterocycles. The predicted molar refractivity (Wildman–Crippen MR) is 84.9 cm³/mol. The van der Waals surface area contributed by atoms with E-state index in [4.69, 9.17) is 0 Å². The van der Waals surface area contributed by atoms with Crippen LogP contribution in [0.3, 0.4) is 0 Å². The smallest absolute Gasteiger partial charge is 0.251 e. The number of nitrogens with one attached hydrogen (secondary N) is 1. The first-order chi connectivity index (χ1) is 10.1. The lowest BCUT2D eigenvalue weighted by Crippen LogP contribution is -2.33. The van der Waals surface area contributed by atoms with Crippen LogP contribution in [0.2, 0.25) is 0 Å². The van der Waals surface area contributed by atoms with Crippen molar-refractivity contribution >= 4 is 5.91 Å². The molecule has 110 valence electrons. The number of hydrogen-bond donors (Lipinski definition) is 1. The number of aryl methyl sites for hydroxylation is 2. The molecule has 0 aliphatic heterocycles. The minimum absolute atomic E-state index is 0.0295. The Labute approximate surface area is 126 Å². The summed E-state index contributed by atoms with van der Waals surface area (Å²) in [5.74, 6) is 0.709. The zero-order valence-electron chi connectivity index (χ0n) is 12.9. The number of carbonyl (C=O) groups excluding carboxylic acids is 1. The Kier molecular flexibility index (Phi) is 3.58. The SMILES string of the molecule is Cc1ccc(C)n1-c1ccc(C(=O)NC(C)C2CC2)cc1. The molecule has 0 bridgehead atoms. The first-order valence-corrected chi connectivity index (χ1v) is 7.62. The van der Waals surface area contributed by atoms with Crippen molar-refractivity contribution in [2.24, 2.45) is 5.92 Å². The van der Waals surface area contributed by atoms with Gasteiger partial charge in [0.05, 0.1) is 0 Å². The molecule has 1 unspecified atom stereocenters. The molecule has 1 aromatic carbocycles. The van der Waals surface area contributed by atoms with Crippen LogP contribution in [0.25, 0.3) is 5.69 Å². The van der Waals surface area contributed by atoms with Gasteiger partial charge in [-0.05, 0) is 75.9 Å². The highest BCUT2D eigenvalue weighted by Crippen LogP contribution is 2.32. The van der Waals surface area contributed by atoms with Gasteiger partial charge in [-0.2, -0.15) is 0 Å². The molecular weight excluding hydrogens is 260 g/mol. The van der Waals surface area contributed by atoms with E-state index in [0.29, 0.717) is 5.92 Å². The number of rotatable bonds is 4. The van der Waals surface area contributed by atoms with Crippen LogP contribution >= 0.6 is 0 Å². The van der Waals surface area contributed by atoms with Gasteiger partial charge in [-0.25, -0.2) is 0 Å². The van der Waals surface area contributed by atoms with E-state index in [9.17, 15) is 4.79 Å². The summed E-state index contributed by atoms with van der Waals surface area (Å²) in [7, 11) is 0. The standard InChI is InChI=1S/C18H22N2O/c1-12-4-5-13(2)20(12)17-10-8-16(9-11-17)18(21)19-14(3)15-6-7-15/h4-5,8-11,14-15H,6-7H2,1-3H3,(H,19,21). The summed E-state index contributed by atoms with van der Waals surface area (Å²) in [4.78, 5) is 12.2. The largest absolute Gasteiger partial charge is 0.349 e. The van der Waals surface area contributed by atoms with Crippen LogP contribution in [0.15, 0.2) is 36.4 Å². The molecule has 1 saturated carbocycles. The number of hydrogen-bond acceptors (Lipinski definition) is 1. The Morgan fingerprint density at radius 3 is 2.19 bits per heavy atom. The normalized spacial score (nSPS) is 15.8. The van der Waals surface area contributed by atoms with Crippen LogP contribution < -0.4 is 5.32 Å². The van der Waals surface area contributed by atoms with E-state index in [1.807, 2.05) is 24.3 Å². The summed E-state index contributed by atoms with van der Waals surface area (Å²) < 4.78 is 2.19. The second-order valence-electron chi connectivity index (χ2n) is 6.10. The van der Waals surface area contributed by atoms with Crippen LogP contribution in [0.5, 0.6) is 0 Å². The minimum Gasteiger partial charge on any atom is -0.349 e. The highest BCUT2D eigenvalue weighted by molar-refractivity contribution is 5.94. The highest BCUT2D eigenvalue weighted by Gasteiger charge is 2.29. The van der Waals surface area contributed by atoms with Crippen molar-refractivity contribution in [3.8, 4) is 5.69 Å². The number of aromatic nitrogens is 1. The molecular formula is C18H22N2O. The Hall–Kier alpha value is -2.03. The molecule has 1 amide bonds. The molecule has 3 nitrogen and oxygen atoms in total. The minimum atomic E-state index is 0.0295. The quantitative estimate of drug-likeness (QED) is 0.913. The van der Waals surface area contributed by atoms with Crippen molar-refractivity contribution in [2.45, 2.75) is 39.7 Å². The van der Waals surface area contributed by atoms with E-state index in [-0.39, 0.29) is 11.9 Å². The van der Waals surface area contributed by atoms with Gasteiger partial charge in [0.15, 0.2) is 0 Å². The topological polar surface area (TPSA) is 34.0 Å². The van der Waals surface area contributed by atoms with E-state index < -0.39 is 0 Å². The van der Waals surface area contributed by atoms with E-state index in [1.165, 1.54) is 24.2 Å². The summed E-state index contributed by atoms with van der Waals surface area (Å²) in [5, 5.41) is 3.09. The number of benzene rings is 1. The number of carbonyl (C=O) groups is 1. The summed E-state index contributed by atoms with van der Waals surface area (Å²) in [6.07, 6.45) is 2.49. The van der Waals surface area contributed by atoms with E-state index in [2.05, 4.69) is 42.8 Å². The average Bonchev–Trinajstić information content (AvgIpc) is 3.26. The molecule has 0 radical (unpaired) electrons. The van der Waals surface area contributed by atoms with Crippen LogP contribution in [-0.2, 0) is 0 Å². The highest BCUT2D eigenvalue weighted by atomic mass is 16.1. The molecule has 1 fully saturated rings. The number of nitrogens with zero attached hydrogens (tertiary/aromatic N) is 1. The van der Waals surface area contributed by atoms with Gasteiger partial charge in [0.25, 0.3) is 5.91 Å². The molecule has 3 heteroatoms. The summed E-state index contributed by atoms with van der Waals surface area (Å²) in [6, 6.07) is 12.3. The molecule has 0 saturated heterocycles. The zero-order valence-corrected chi connectivity index (χ0v) is 12.9. The van der Waals surface area contributed by atoms with Gasteiger partial charge in [0.1, 0.15) is 0 Å². The lowest BCUT2D eigenvalue weighted by atomic mass is 10.1. The first-order valence-electron chi connectivity index (χ1n) is 7.62. The van der Waals surface area contributed by atoms with E-state index in [1.54, 1.807) is 0 Å². The third kappa shape index (κ3) is 2.87. The van der Waals surface area contributed by atoms with Crippen molar-refractivity contribution in [3.63, 3.8) is 0 Å². The van der Waals surface area contributed by atoms with Gasteiger partial charge in [-0.15, -0.1) is 0 Å².